The van der Waals surface area contributed by atoms with Crippen molar-refractivity contribution in [2.45, 2.75) is 45.1 Å². The van der Waals surface area contributed by atoms with Crippen LogP contribution in [0.3, 0.4) is 0 Å². The highest BCUT2D eigenvalue weighted by Gasteiger charge is 2.29. The molecule has 0 saturated carbocycles. The fourth-order valence-corrected chi connectivity index (χ4v) is 5.59. The Morgan fingerprint density at radius 1 is 1.17 bits per heavy atom. The summed E-state index contributed by atoms with van der Waals surface area (Å²) in [5.74, 6) is -0.182. The summed E-state index contributed by atoms with van der Waals surface area (Å²) >= 11 is 3.57. The summed E-state index contributed by atoms with van der Waals surface area (Å²) in [6.45, 7) is 8.97. The Bertz CT molecular complexity index is 952. The third kappa shape index (κ3) is 4.92. The summed E-state index contributed by atoms with van der Waals surface area (Å²) in [5.41, 5.74) is 1.38. The zero-order chi connectivity index (χ0) is 21.8. The lowest BCUT2D eigenvalue weighted by Gasteiger charge is -2.30. The van der Waals surface area contributed by atoms with Crippen molar-refractivity contribution in [3.63, 3.8) is 0 Å². The number of aryl methyl sites for hydroxylation is 1. The van der Waals surface area contributed by atoms with Crippen molar-refractivity contribution in [2.24, 2.45) is 7.05 Å². The summed E-state index contributed by atoms with van der Waals surface area (Å²) in [5, 5.41) is 0. The summed E-state index contributed by atoms with van der Waals surface area (Å²) in [4.78, 5) is 15.4. The predicted octanol–water partition coefficient (Wildman–Crippen LogP) is 4.43. The third-order valence-electron chi connectivity index (χ3n) is 5.09. The molecule has 1 aromatic heterocycles. The first-order valence-corrected chi connectivity index (χ1v) is 12.1. The number of hydrogen-bond donors (Lipinski definition) is 0. The van der Waals surface area contributed by atoms with Crippen molar-refractivity contribution in [3.05, 3.63) is 52.3 Å². The highest BCUT2D eigenvalue weighted by atomic mass is 79.9. The molecule has 0 radical (unpaired) electrons. The summed E-state index contributed by atoms with van der Waals surface area (Å²) < 4.78 is 29.7. The van der Waals surface area contributed by atoms with Gasteiger partial charge in [0, 0.05) is 37.4 Å². The Labute approximate surface area is 182 Å². The van der Waals surface area contributed by atoms with Gasteiger partial charge in [-0.25, -0.2) is 8.42 Å². The zero-order valence-electron chi connectivity index (χ0n) is 17.7. The zero-order valence-corrected chi connectivity index (χ0v) is 20.1. The smallest absolute Gasteiger partial charge is 0.271 e. The van der Waals surface area contributed by atoms with Gasteiger partial charge < -0.3 is 9.47 Å². The first-order chi connectivity index (χ1) is 13.7. The van der Waals surface area contributed by atoms with E-state index in [1.165, 1.54) is 16.6 Å². The van der Waals surface area contributed by atoms with Gasteiger partial charge in [-0.1, -0.05) is 54.9 Å². The number of hydrogen-bond acceptors (Lipinski definition) is 3. The van der Waals surface area contributed by atoms with Gasteiger partial charge in [-0.15, -0.1) is 0 Å². The summed E-state index contributed by atoms with van der Waals surface area (Å²) in [6.07, 6.45) is 2.32. The van der Waals surface area contributed by atoms with Crippen molar-refractivity contribution in [2.75, 3.05) is 19.6 Å². The van der Waals surface area contributed by atoms with Crippen molar-refractivity contribution in [3.8, 4) is 0 Å². The van der Waals surface area contributed by atoms with E-state index in [1.54, 1.807) is 30.4 Å². The maximum atomic E-state index is 13.4. The van der Waals surface area contributed by atoms with Crippen LogP contribution in [0.25, 0.3) is 0 Å². The number of carbonyl (C=O) groups excluding carboxylic acids is 1. The highest BCUT2D eigenvalue weighted by Crippen LogP contribution is 2.29. The summed E-state index contributed by atoms with van der Waals surface area (Å²) in [6, 6.07) is 9.17. The largest absolute Gasteiger partial charge is 0.345 e. The average molecular weight is 484 g/mol. The number of aromatic nitrogens is 1. The Hall–Kier alpha value is -1.64. The monoisotopic (exact) mass is 483 g/mol. The molecule has 0 bridgehead atoms. The topological polar surface area (TPSA) is 62.6 Å². The number of sulfonamides is 1. The molecule has 1 amide bonds. The number of rotatable bonds is 9. The Balaban J connectivity index is 2.43. The second kappa shape index (κ2) is 9.91. The maximum absolute atomic E-state index is 13.4. The van der Waals surface area contributed by atoms with E-state index < -0.39 is 10.0 Å². The third-order valence-corrected chi connectivity index (χ3v) is 7.83. The SMILES string of the molecule is CCCN(C(=O)c1cc(S(=O)(=O)N(CC)CC)cn1C)C(C)c1ccccc1Br. The normalized spacial score (nSPS) is 12.9. The molecule has 1 aromatic carbocycles. The molecule has 1 heterocycles. The van der Waals surface area contributed by atoms with Gasteiger partial charge in [-0.3, -0.25) is 4.79 Å². The molecule has 2 aromatic rings. The van der Waals surface area contributed by atoms with Crippen LogP contribution in [0, 0.1) is 0 Å². The Morgan fingerprint density at radius 2 is 1.79 bits per heavy atom. The molecule has 1 atom stereocenters. The van der Waals surface area contributed by atoms with Crippen LogP contribution in [0.15, 0.2) is 45.9 Å². The fraction of sp³-hybridized carbons (Fsp3) is 0.476. The van der Waals surface area contributed by atoms with Gasteiger partial charge in [-0.05, 0) is 31.0 Å². The Kier molecular flexibility index (Phi) is 8.08. The molecule has 8 heteroatoms. The van der Waals surface area contributed by atoms with Gasteiger partial charge >= 0.3 is 0 Å². The minimum Gasteiger partial charge on any atom is -0.345 e. The van der Waals surface area contributed by atoms with Crippen molar-refractivity contribution in [1.29, 1.82) is 0 Å². The van der Waals surface area contributed by atoms with E-state index in [0.717, 1.165) is 16.5 Å². The molecule has 160 valence electrons. The van der Waals surface area contributed by atoms with E-state index in [0.29, 0.717) is 25.3 Å². The van der Waals surface area contributed by atoms with Crippen LogP contribution in [0.2, 0.25) is 0 Å². The minimum absolute atomic E-state index is 0.150. The molecular weight excluding hydrogens is 454 g/mol. The van der Waals surface area contributed by atoms with Crippen molar-refractivity contribution < 1.29 is 13.2 Å². The first-order valence-electron chi connectivity index (χ1n) is 9.90. The number of benzene rings is 1. The second-order valence-electron chi connectivity index (χ2n) is 6.96. The van der Waals surface area contributed by atoms with E-state index in [4.69, 9.17) is 0 Å². The van der Waals surface area contributed by atoms with Crippen molar-refractivity contribution >= 4 is 31.9 Å². The summed E-state index contributed by atoms with van der Waals surface area (Å²) in [7, 11) is -1.91. The van der Waals surface area contributed by atoms with Crippen LogP contribution in [-0.2, 0) is 17.1 Å². The molecule has 0 N–H and O–H groups in total. The maximum Gasteiger partial charge on any atom is 0.271 e. The van der Waals surface area contributed by atoms with Crippen molar-refractivity contribution in [1.82, 2.24) is 13.8 Å². The van der Waals surface area contributed by atoms with Crippen LogP contribution in [0.5, 0.6) is 0 Å². The predicted molar refractivity (Wildman–Crippen MR) is 119 cm³/mol. The van der Waals surface area contributed by atoms with Gasteiger partial charge in [-0.2, -0.15) is 4.31 Å². The number of halogens is 1. The molecule has 29 heavy (non-hydrogen) atoms. The van der Waals surface area contributed by atoms with E-state index in [9.17, 15) is 13.2 Å². The molecule has 0 spiro atoms. The van der Waals surface area contributed by atoms with Crippen LogP contribution in [-0.4, -0.2) is 47.7 Å². The van der Waals surface area contributed by atoms with E-state index in [2.05, 4.69) is 15.9 Å². The quantitative estimate of drug-likeness (QED) is 0.529. The molecule has 0 aliphatic heterocycles. The number of amides is 1. The molecule has 1 unspecified atom stereocenters. The van der Waals surface area contributed by atoms with Crippen LogP contribution in [0.4, 0.5) is 0 Å². The van der Waals surface area contributed by atoms with Crippen LogP contribution >= 0.6 is 15.9 Å². The molecule has 0 fully saturated rings. The van der Waals surface area contributed by atoms with Gasteiger partial charge in [0.2, 0.25) is 10.0 Å². The number of nitrogens with zero attached hydrogens (tertiary/aromatic N) is 3. The van der Waals surface area contributed by atoms with Crippen LogP contribution in [0.1, 0.15) is 56.2 Å². The lowest BCUT2D eigenvalue weighted by molar-refractivity contribution is 0.0680. The average Bonchev–Trinajstić information content (AvgIpc) is 3.09. The van der Waals surface area contributed by atoms with Gasteiger partial charge in [0.25, 0.3) is 5.91 Å². The van der Waals surface area contributed by atoms with E-state index in [-0.39, 0.29) is 16.8 Å². The molecule has 0 aliphatic carbocycles. The number of carbonyl (C=O) groups is 1. The molecule has 0 saturated heterocycles. The molecule has 2 rings (SSSR count). The molecule has 6 nitrogen and oxygen atoms in total. The minimum atomic E-state index is -3.62. The standard InChI is InChI=1S/C21H30BrN3O3S/c1-6-13-25(16(4)18-11-9-10-12-19(18)22)21(26)20-14-17(15-23(20)5)29(27,28)24(7-2)8-3/h9-12,14-16H,6-8,13H2,1-5H3. The Morgan fingerprint density at radius 3 is 2.34 bits per heavy atom. The van der Waals surface area contributed by atoms with E-state index in [1.807, 2.05) is 38.1 Å². The first kappa shape index (κ1) is 23.6. The fourth-order valence-electron chi connectivity index (χ4n) is 3.44. The van der Waals surface area contributed by atoms with Gasteiger partial charge in [0.1, 0.15) is 10.6 Å². The lowest BCUT2D eigenvalue weighted by Crippen LogP contribution is -2.35. The second-order valence-corrected chi connectivity index (χ2v) is 9.75. The molecular formula is C21H30BrN3O3S. The van der Waals surface area contributed by atoms with Gasteiger partial charge in [0.05, 0.1) is 6.04 Å². The van der Waals surface area contributed by atoms with Gasteiger partial charge in [0.15, 0.2) is 0 Å². The lowest BCUT2D eigenvalue weighted by atomic mass is 10.1. The van der Waals surface area contributed by atoms with E-state index >= 15 is 0 Å². The molecule has 0 aliphatic rings. The highest BCUT2D eigenvalue weighted by molar-refractivity contribution is 9.10. The van der Waals surface area contributed by atoms with Crippen LogP contribution < -0.4 is 0 Å².